The lowest BCUT2D eigenvalue weighted by molar-refractivity contribution is 0.936. The predicted octanol–water partition coefficient (Wildman–Crippen LogP) is -0.193. The van der Waals surface area contributed by atoms with Crippen molar-refractivity contribution in [2.75, 3.05) is 0 Å². The maximum Gasteiger partial charge on any atom is 0.327 e. The fourth-order valence-corrected chi connectivity index (χ4v) is 2.01. The molecule has 0 saturated heterocycles. The van der Waals surface area contributed by atoms with Crippen LogP contribution in [0.3, 0.4) is 0 Å². The lowest BCUT2D eigenvalue weighted by atomic mass is 10.3. The summed E-state index contributed by atoms with van der Waals surface area (Å²) >= 11 is 0. The molecule has 0 aliphatic carbocycles. The van der Waals surface area contributed by atoms with Crippen LogP contribution in [0.5, 0.6) is 0 Å². The van der Waals surface area contributed by atoms with Gasteiger partial charge >= 0.3 is 5.69 Å². The summed E-state index contributed by atoms with van der Waals surface area (Å²) in [5.74, 6) is 0.329. The molecular weight excluding hydrogens is 248 g/mol. The monoisotopic (exact) mass is 254 g/mol. The number of nitrogens with one attached hydrogen (secondary N) is 2. The molecule has 0 radical (unpaired) electrons. The number of hydrogen-bond donors (Lipinski definition) is 2. The van der Waals surface area contributed by atoms with Gasteiger partial charge < -0.3 is 0 Å². The molecule has 92 valence electrons. The van der Waals surface area contributed by atoms with Gasteiger partial charge in [-0.1, -0.05) is 12.1 Å². The van der Waals surface area contributed by atoms with Gasteiger partial charge in [0.25, 0.3) is 11.3 Å². The number of imidazole rings is 1. The molecule has 0 aliphatic heterocycles. The van der Waals surface area contributed by atoms with Crippen LogP contribution in [0.1, 0.15) is 0 Å². The van der Waals surface area contributed by atoms with Crippen molar-refractivity contribution < 1.29 is 0 Å². The summed E-state index contributed by atoms with van der Waals surface area (Å²) in [6.07, 6.45) is 0. The summed E-state index contributed by atoms with van der Waals surface area (Å²) in [4.78, 5) is 35.9. The molecule has 4 rings (SSSR count). The number of aromatic nitrogens is 6. The van der Waals surface area contributed by atoms with Crippen molar-refractivity contribution in [1.82, 2.24) is 29.5 Å². The molecule has 3 aromatic heterocycles. The molecule has 0 amide bonds. The third kappa shape index (κ3) is 1.30. The highest BCUT2D eigenvalue weighted by molar-refractivity contribution is 5.80. The highest BCUT2D eigenvalue weighted by Crippen LogP contribution is 2.14. The number of fused-ring (bicyclic) bond motifs is 4. The molecule has 8 nitrogen and oxygen atoms in total. The first kappa shape index (κ1) is 9.95. The summed E-state index contributed by atoms with van der Waals surface area (Å²) < 4.78 is 1.48. The lowest BCUT2D eigenvalue weighted by Gasteiger charge is -1.96. The molecule has 0 saturated carbocycles. The van der Waals surface area contributed by atoms with Gasteiger partial charge in [0.2, 0.25) is 0 Å². The Labute approximate surface area is 103 Å². The summed E-state index contributed by atoms with van der Waals surface area (Å²) in [7, 11) is 0. The SMILES string of the molecule is O=c1[nH]c(=O)c2nn3c(nc4ccccc43)nc2[nH]1. The molecule has 19 heavy (non-hydrogen) atoms. The average Bonchev–Trinajstić information content (AvgIpc) is 2.74. The largest absolute Gasteiger partial charge is 0.327 e. The average molecular weight is 254 g/mol. The van der Waals surface area contributed by atoms with E-state index in [9.17, 15) is 9.59 Å². The van der Waals surface area contributed by atoms with Gasteiger partial charge in [0.05, 0.1) is 11.0 Å². The Kier molecular flexibility index (Phi) is 1.70. The number of H-pyrrole nitrogens is 2. The van der Waals surface area contributed by atoms with Crippen LogP contribution < -0.4 is 11.2 Å². The van der Waals surface area contributed by atoms with Crippen LogP contribution >= 0.6 is 0 Å². The van der Waals surface area contributed by atoms with Crippen LogP contribution in [-0.2, 0) is 0 Å². The Bertz CT molecular complexity index is 1060. The minimum absolute atomic E-state index is 0.0650. The Morgan fingerprint density at radius 3 is 2.79 bits per heavy atom. The van der Waals surface area contributed by atoms with Crippen LogP contribution in [0.25, 0.3) is 28.0 Å². The van der Waals surface area contributed by atoms with Gasteiger partial charge in [-0.05, 0) is 12.1 Å². The van der Waals surface area contributed by atoms with Crippen molar-refractivity contribution >= 4 is 28.0 Å². The van der Waals surface area contributed by atoms with E-state index in [4.69, 9.17) is 0 Å². The van der Waals surface area contributed by atoms with Gasteiger partial charge in [0.1, 0.15) is 0 Å². The Hall–Kier alpha value is -3.03. The molecule has 0 unspecified atom stereocenters. The first-order valence-electron chi connectivity index (χ1n) is 5.50. The molecule has 0 atom stereocenters. The summed E-state index contributed by atoms with van der Waals surface area (Å²) in [5, 5.41) is 4.18. The van der Waals surface area contributed by atoms with Crippen LogP contribution in [0.4, 0.5) is 0 Å². The van der Waals surface area contributed by atoms with Gasteiger partial charge in [-0.3, -0.25) is 14.8 Å². The Morgan fingerprint density at radius 1 is 1.05 bits per heavy atom. The Balaban J connectivity index is 2.32. The molecule has 0 bridgehead atoms. The maximum atomic E-state index is 11.7. The smallest absolute Gasteiger partial charge is 0.290 e. The number of aromatic amines is 2. The minimum Gasteiger partial charge on any atom is -0.290 e. The second-order valence-corrected chi connectivity index (χ2v) is 4.03. The van der Waals surface area contributed by atoms with E-state index in [1.54, 1.807) is 0 Å². The van der Waals surface area contributed by atoms with Crippen LogP contribution in [-0.4, -0.2) is 29.5 Å². The van der Waals surface area contributed by atoms with Crippen molar-refractivity contribution in [2.24, 2.45) is 0 Å². The van der Waals surface area contributed by atoms with E-state index in [2.05, 4.69) is 25.0 Å². The fourth-order valence-electron chi connectivity index (χ4n) is 2.01. The molecule has 0 fully saturated rings. The zero-order valence-electron chi connectivity index (χ0n) is 9.41. The van der Waals surface area contributed by atoms with E-state index < -0.39 is 11.2 Å². The third-order valence-electron chi connectivity index (χ3n) is 2.83. The van der Waals surface area contributed by atoms with Gasteiger partial charge in [0, 0.05) is 0 Å². The first-order valence-corrected chi connectivity index (χ1v) is 5.50. The Morgan fingerprint density at radius 2 is 1.89 bits per heavy atom. The standard InChI is InChI=1S/C11H6N6O2/c18-9-7-8(14-11(19)15-9)13-10-12-5-3-1-2-4-6(5)17(10)16-7/h1-4H,(H2,12,13,14,15,18,19). The van der Waals surface area contributed by atoms with Crippen LogP contribution in [0.15, 0.2) is 33.9 Å². The van der Waals surface area contributed by atoms with Gasteiger partial charge in [0.15, 0.2) is 11.2 Å². The summed E-state index contributed by atoms with van der Waals surface area (Å²) in [6.45, 7) is 0. The van der Waals surface area contributed by atoms with Crippen LogP contribution in [0, 0.1) is 0 Å². The minimum atomic E-state index is -0.618. The maximum absolute atomic E-state index is 11.7. The molecular formula is C11H6N6O2. The van der Waals surface area contributed by atoms with Crippen molar-refractivity contribution in [1.29, 1.82) is 0 Å². The van der Waals surface area contributed by atoms with E-state index in [1.807, 2.05) is 24.3 Å². The van der Waals surface area contributed by atoms with Crippen LogP contribution in [0.2, 0.25) is 0 Å². The molecule has 4 aromatic rings. The van der Waals surface area contributed by atoms with E-state index in [-0.39, 0.29) is 11.2 Å². The molecule has 0 spiro atoms. The van der Waals surface area contributed by atoms with Gasteiger partial charge in [-0.25, -0.2) is 9.78 Å². The second kappa shape index (κ2) is 3.25. The molecule has 3 heterocycles. The zero-order chi connectivity index (χ0) is 13.0. The van der Waals surface area contributed by atoms with E-state index in [0.29, 0.717) is 5.78 Å². The van der Waals surface area contributed by atoms with Crippen molar-refractivity contribution in [3.8, 4) is 0 Å². The molecule has 2 N–H and O–H groups in total. The van der Waals surface area contributed by atoms with Crippen molar-refractivity contribution in [3.63, 3.8) is 0 Å². The second-order valence-electron chi connectivity index (χ2n) is 4.03. The predicted molar refractivity (Wildman–Crippen MR) is 67.0 cm³/mol. The van der Waals surface area contributed by atoms with Crippen molar-refractivity contribution in [3.05, 3.63) is 45.1 Å². The number of nitrogens with zero attached hydrogens (tertiary/aromatic N) is 4. The molecule has 1 aromatic carbocycles. The number of hydrogen-bond acceptors (Lipinski definition) is 5. The zero-order valence-corrected chi connectivity index (χ0v) is 9.41. The molecule has 0 aliphatic rings. The van der Waals surface area contributed by atoms with Gasteiger partial charge in [-0.2, -0.15) is 14.6 Å². The molecule has 8 heteroatoms. The summed E-state index contributed by atoms with van der Waals surface area (Å²) in [5.41, 5.74) is 0.457. The van der Waals surface area contributed by atoms with E-state index in [0.717, 1.165) is 11.0 Å². The number of rotatable bonds is 0. The highest BCUT2D eigenvalue weighted by Gasteiger charge is 2.10. The fraction of sp³-hybridized carbons (Fsp3) is 0. The normalized spacial score (nSPS) is 11.6. The summed E-state index contributed by atoms with van der Waals surface area (Å²) in [6, 6.07) is 7.35. The topological polar surface area (TPSA) is 109 Å². The van der Waals surface area contributed by atoms with E-state index >= 15 is 0 Å². The highest BCUT2D eigenvalue weighted by atomic mass is 16.2. The van der Waals surface area contributed by atoms with E-state index in [1.165, 1.54) is 4.52 Å². The first-order chi connectivity index (χ1) is 9.22. The number of para-hydroxylation sites is 2. The third-order valence-corrected chi connectivity index (χ3v) is 2.83. The van der Waals surface area contributed by atoms with Crippen molar-refractivity contribution in [2.45, 2.75) is 0 Å². The quantitative estimate of drug-likeness (QED) is 0.452. The van der Waals surface area contributed by atoms with Gasteiger partial charge in [-0.15, -0.1) is 0 Å². The number of benzene rings is 1. The lowest BCUT2D eigenvalue weighted by Crippen LogP contribution is -2.24.